The van der Waals surface area contributed by atoms with Gasteiger partial charge in [0, 0.05) is 12.2 Å². The number of carbonyl (C=O) groups excluding carboxylic acids is 1. The van der Waals surface area contributed by atoms with Crippen molar-refractivity contribution in [1.29, 1.82) is 5.26 Å². The summed E-state index contributed by atoms with van der Waals surface area (Å²) in [6, 6.07) is 23.2. The fourth-order valence-electron chi connectivity index (χ4n) is 3.34. The molecule has 166 valence electrons. The Morgan fingerprint density at radius 3 is 2.64 bits per heavy atom. The molecule has 1 amide bonds. The first-order valence-corrected chi connectivity index (χ1v) is 12.1. The van der Waals surface area contributed by atoms with Gasteiger partial charge in [0.25, 0.3) is 0 Å². The van der Waals surface area contributed by atoms with Crippen LogP contribution in [0.2, 0.25) is 0 Å². The number of amides is 1. The van der Waals surface area contributed by atoms with Crippen LogP contribution in [0.25, 0.3) is 16.4 Å². The van der Waals surface area contributed by atoms with Crippen LogP contribution in [0.15, 0.2) is 77.3 Å². The second kappa shape index (κ2) is 10.8. The lowest BCUT2D eigenvalue weighted by Crippen LogP contribution is -2.33. The van der Waals surface area contributed by atoms with Crippen molar-refractivity contribution >= 4 is 34.7 Å². The van der Waals surface area contributed by atoms with E-state index in [9.17, 15) is 4.79 Å². The summed E-state index contributed by atoms with van der Waals surface area (Å²) in [5.74, 6) is 1.32. The minimum Gasteiger partial charge on any atom is -0.495 e. The lowest BCUT2D eigenvalue weighted by atomic mass is 10.2. The number of thioether (sulfide) groups is 1. The van der Waals surface area contributed by atoms with Gasteiger partial charge in [-0.2, -0.15) is 5.26 Å². The minimum atomic E-state index is -0.139. The maximum atomic E-state index is 13.3. The van der Waals surface area contributed by atoms with Crippen molar-refractivity contribution in [2.45, 2.75) is 11.6 Å². The van der Waals surface area contributed by atoms with E-state index in [1.54, 1.807) is 29.4 Å². The molecule has 2 aromatic heterocycles. The molecule has 0 radical (unpaired) electrons. The van der Waals surface area contributed by atoms with Crippen molar-refractivity contribution in [3.05, 3.63) is 72.1 Å². The van der Waals surface area contributed by atoms with Crippen molar-refractivity contribution in [2.24, 2.45) is 0 Å². The third kappa shape index (κ3) is 5.08. The lowest BCUT2D eigenvalue weighted by Gasteiger charge is -2.23. The Morgan fingerprint density at radius 2 is 1.91 bits per heavy atom. The van der Waals surface area contributed by atoms with Gasteiger partial charge in [-0.1, -0.05) is 48.2 Å². The first kappa shape index (κ1) is 22.6. The van der Waals surface area contributed by atoms with Crippen LogP contribution in [0.5, 0.6) is 5.75 Å². The number of para-hydroxylation sites is 3. The molecule has 0 aliphatic rings. The molecule has 4 rings (SSSR count). The fraction of sp³-hybridized carbons (Fsp3) is 0.167. The molecule has 4 aromatic rings. The van der Waals surface area contributed by atoms with E-state index in [1.807, 2.05) is 70.6 Å². The number of rotatable bonds is 9. The summed E-state index contributed by atoms with van der Waals surface area (Å²) in [4.78, 5) is 15.8. The maximum Gasteiger partial charge on any atom is 0.237 e. The van der Waals surface area contributed by atoms with Gasteiger partial charge in [-0.15, -0.1) is 21.5 Å². The number of thiophene rings is 1. The van der Waals surface area contributed by atoms with Crippen LogP contribution >= 0.6 is 23.1 Å². The van der Waals surface area contributed by atoms with Crippen molar-refractivity contribution in [1.82, 2.24) is 14.8 Å². The number of nitriles is 1. The van der Waals surface area contributed by atoms with Crippen LogP contribution in [0, 0.1) is 11.3 Å². The van der Waals surface area contributed by atoms with E-state index in [4.69, 9.17) is 10.00 Å². The number of carbonyl (C=O) groups is 1. The van der Waals surface area contributed by atoms with Gasteiger partial charge in [0.1, 0.15) is 5.75 Å². The predicted molar refractivity (Wildman–Crippen MR) is 131 cm³/mol. The molecule has 0 bridgehead atoms. The summed E-state index contributed by atoms with van der Waals surface area (Å²) in [5, 5.41) is 20.5. The molecular formula is C24H21N5O2S2. The molecule has 2 aromatic carbocycles. The van der Waals surface area contributed by atoms with Gasteiger partial charge in [-0.05, 0) is 35.7 Å². The smallest absolute Gasteiger partial charge is 0.237 e. The maximum absolute atomic E-state index is 13.3. The number of nitrogens with zero attached hydrogens (tertiary/aromatic N) is 5. The van der Waals surface area contributed by atoms with E-state index in [0.29, 0.717) is 16.6 Å². The van der Waals surface area contributed by atoms with Crippen molar-refractivity contribution < 1.29 is 9.53 Å². The Labute approximate surface area is 200 Å². The second-order valence-electron chi connectivity index (χ2n) is 6.87. The summed E-state index contributed by atoms with van der Waals surface area (Å²) < 4.78 is 7.40. The van der Waals surface area contributed by atoms with Gasteiger partial charge in [0.05, 0.1) is 35.9 Å². The first-order chi connectivity index (χ1) is 16.2. The molecule has 0 saturated heterocycles. The van der Waals surface area contributed by atoms with Gasteiger partial charge < -0.3 is 9.64 Å². The van der Waals surface area contributed by atoms with Gasteiger partial charge in [0.15, 0.2) is 11.0 Å². The summed E-state index contributed by atoms with van der Waals surface area (Å²) in [6.45, 7) is 0.280. The molecule has 0 fully saturated rings. The number of hydrogen-bond donors (Lipinski definition) is 0. The molecule has 0 N–H and O–H groups in total. The van der Waals surface area contributed by atoms with Crippen molar-refractivity contribution in [3.63, 3.8) is 0 Å². The number of benzene rings is 2. The topological polar surface area (TPSA) is 84.0 Å². The molecule has 0 aliphatic heterocycles. The summed E-state index contributed by atoms with van der Waals surface area (Å²) >= 11 is 2.90. The monoisotopic (exact) mass is 475 g/mol. The highest BCUT2D eigenvalue weighted by Crippen LogP contribution is 2.32. The Bertz CT molecular complexity index is 1250. The molecule has 2 heterocycles. The molecule has 0 spiro atoms. The number of ether oxygens (including phenoxy) is 1. The van der Waals surface area contributed by atoms with E-state index >= 15 is 0 Å². The highest BCUT2D eigenvalue weighted by molar-refractivity contribution is 7.99. The van der Waals surface area contributed by atoms with Gasteiger partial charge in [-0.25, -0.2) is 0 Å². The zero-order valence-electron chi connectivity index (χ0n) is 17.9. The quantitative estimate of drug-likeness (QED) is 0.315. The zero-order valence-corrected chi connectivity index (χ0v) is 19.6. The van der Waals surface area contributed by atoms with Crippen LogP contribution in [0.3, 0.4) is 0 Å². The SMILES string of the molecule is COc1ccccc1N(CCC#N)C(=O)CSc1nnc(-c2cccs2)n1-c1ccccc1. The average molecular weight is 476 g/mol. The number of anilines is 1. The van der Waals surface area contributed by atoms with Gasteiger partial charge in [-0.3, -0.25) is 9.36 Å². The van der Waals surface area contributed by atoms with Crippen LogP contribution in [0.4, 0.5) is 5.69 Å². The van der Waals surface area contributed by atoms with E-state index in [1.165, 1.54) is 11.8 Å². The molecule has 33 heavy (non-hydrogen) atoms. The molecule has 9 heteroatoms. The van der Waals surface area contributed by atoms with Crippen LogP contribution < -0.4 is 9.64 Å². The third-order valence-corrected chi connectivity index (χ3v) is 6.62. The van der Waals surface area contributed by atoms with Crippen LogP contribution in [0.1, 0.15) is 6.42 Å². The zero-order chi connectivity index (χ0) is 23.0. The third-order valence-electron chi connectivity index (χ3n) is 4.84. The Morgan fingerprint density at radius 1 is 1.12 bits per heavy atom. The lowest BCUT2D eigenvalue weighted by molar-refractivity contribution is -0.116. The molecule has 0 atom stereocenters. The second-order valence-corrected chi connectivity index (χ2v) is 8.76. The van der Waals surface area contributed by atoms with Gasteiger partial charge in [0.2, 0.25) is 5.91 Å². The molecule has 0 unspecified atom stereocenters. The Hall–Kier alpha value is -3.61. The Balaban J connectivity index is 1.61. The first-order valence-electron chi connectivity index (χ1n) is 10.2. The number of aromatic nitrogens is 3. The molecular weight excluding hydrogens is 454 g/mol. The van der Waals surface area contributed by atoms with Gasteiger partial charge >= 0.3 is 0 Å². The fourth-order valence-corrected chi connectivity index (χ4v) is 4.86. The van der Waals surface area contributed by atoms with Crippen LogP contribution in [-0.2, 0) is 4.79 Å². The summed E-state index contributed by atoms with van der Waals surface area (Å²) in [5.41, 5.74) is 1.57. The standard InChI is InChI=1S/C24H21N5O2S2/c1-31-20-12-6-5-11-19(20)28(15-8-14-25)22(30)17-33-24-27-26-23(21-13-7-16-32-21)29(24)18-9-3-2-4-10-18/h2-7,9-13,16H,8,15,17H2,1H3. The highest BCUT2D eigenvalue weighted by atomic mass is 32.2. The molecule has 0 saturated carbocycles. The normalized spacial score (nSPS) is 10.5. The summed E-state index contributed by atoms with van der Waals surface area (Å²) in [6.07, 6.45) is 0.219. The minimum absolute atomic E-state index is 0.138. The largest absolute Gasteiger partial charge is 0.495 e. The predicted octanol–water partition coefficient (Wildman–Crippen LogP) is 5.04. The van der Waals surface area contributed by atoms with Crippen molar-refractivity contribution in [2.75, 3.05) is 24.3 Å². The Kier molecular flexibility index (Phi) is 7.40. The summed E-state index contributed by atoms with van der Waals surface area (Å²) in [7, 11) is 1.56. The molecule has 7 nitrogen and oxygen atoms in total. The van der Waals surface area contributed by atoms with E-state index in [2.05, 4.69) is 16.3 Å². The number of hydrogen-bond acceptors (Lipinski definition) is 7. The average Bonchev–Trinajstić information content (AvgIpc) is 3.53. The highest BCUT2D eigenvalue weighted by Gasteiger charge is 2.22. The van der Waals surface area contributed by atoms with E-state index in [-0.39, 0.29) is 24.6 Å². The van der Waals surface area contributed by atoms with Crippen molar-refractivity contribution in [3.8, 4) is 28.2 Å². The van der Waals surface area contributed by atoms with E-state index < -0.39 is 0 Å². The van der Waals surface area contributed by atoms with E-state index in [0.717, 1.165) is 16.4 Å². The molecule has 0 aliphatic carbocycles. The number of methoxy groups -OCH3 is 1. The van der Waals surface area contributed by atoms with Crippen LogP contribution in [-0.4, -0.2) is 40.1 Å².